The molecule has 0 saturated heterocycles. The Labute approximate surface area is 125 Å². The van der Waals surface area contributed by atoms with E-state index in [2.05, 4.69) is 4.98 Å². The first kappa shape index (κ1) is 15.6. The van der Waals surface area contributed by atoms with Crippen LogP contribution in [0.4, 0.5) is 13.2 Å². The molecular weight excluding hydrogens is 299 g/mol. The summed E-state index contributed by atoms with van der Waals surface area (Å²) in [5.74, 6) is 0.696. The van der Waals surface area contributed by atoms with Crippen LogP contribution >= 0.6 is 12.2 Å². The number of pyridine rings is 1. The fraction of sp³-hybridized carbons (Fsp3) is 0.267. The largest absolute Gasteiger partial charge is 0.496 e. The fourth-order valence-electron chi connectivity index (χ4n) is 2.15. The number of aromatic nitrogens is 1. The highest BCUT2D eigenvalue weighted by Gasteiger charge is 2.31. The van der Waals surface area contributed by atoms with E-state index >= 15 is 0 Å². The molecule has 112 valence electrons. The number of hydrogen-bond acceptors (Lipinski definition) is 2. The van der Waals surface area contributed by atoms with Gasteiger partial charge < -0.3 is 9.72 Å². The zero-order valence-corrected chi connectivity index (χ0v) is 12.6. The molecule has 1 aromatic carbocycles. The van der Waals surface area contributed by atoms with Crippen LogP contribution in [0.1, 0.15) is 16.7 Å². The Balaban J connectivity index is 2.65. The highest BCUT2D eigenvalue weighted by molar-refractivity contribution is 7.71. The predicted octanol–water partition coefficient (Wildman–Crippen LogP) is 5.06. The normalized spacial score (nSPS) is 11.5. The van der Waals surface area contributed by atoms with Crippen molar-refractivity contribution in [2.24, 2.45) is 0 Å². The van der Waals surface area contributed by atoms with Gasteiger partial charge in [0, 0.05) is 11.3 Å². The quantitative estimate of drug-likeness (QED) is 0.784. The van der Waals surface area contributed by atoms with Gasteiger partial charge in [0.2, 0.25) is 0 Å². The second-order valence-corrected chi connectivity index (χ2v) is 5.22. The topological polar surface area (TPSA) is 25.0 Å². The summed E-state index contributed by atoms with van der Waals surface area (Å²) in [6.07, 6.45) is -4.42. The van der Waals surface area contributed by atoms with Gasteiger partial charge in [-0.05, 0) is 49.2 Å². The third-order valence-electron chi connectivity index (χ3n) is 3.20. The van der Waals surface area contributed by atoms with Crippen LogP contribution in [0.3, 0.4) is 0 Å². The molecule has 0 radical (unpaired) electrons. The number of H-pyrrole nitrogens is 1. The van der Waals surface area contributed by atoms with Crippen LogP contribution in [0.25, 0.3) is 11.3 Å². The lowest BCUT2D eigenvalue weighted by molar-refractivity contribution is -0.137. The van der Waals surface area contributed by atoms with E-state index in [0.717, 1.165) is 23.3 Å². The molecule has 0 aliphatic heterocycles. The lowest BCUT2D eigenvalue weighted by atomic mass is 10.0. The monoisotopic (exact) mass is 313 g/mol. The predicted molar refractivity (Wildman–Crippen MR) is 78.1 cm³/mol. The molecular formula is C15H14F3NOS. The number of alkyl halides is 3. The average molecular weight is 313 g/mol. The number of aromatic amines is 1. The Kier molecular flexibility index (Phi) is 4.09. The van der Waals surface area contributed by atoms with E-state index in [1.165, 1.54) is 0 Å². The van der Waals surface area contributed by atoms with Gasteiger partial charge in [-0.3, -0.25) is 0 Å². The molecule has 6 heteroatoms. The lowest BCUT2D eigenvalue weighted by Crippen LogP contribution is -2.06. The van der Waals surface area contributed by atoms with Crippen molar-refractivity contribution in [2.75, 3.05) is 7.11 Å². The van der Waals surface area contributed by atoms with Crippen LogP contribution < -0.4 is 4.74 Å². The number of nitrogens with one attached hydrogen (secondary N) is 1. The SMILES string of the molecule is COc1cc(C)c(-c2cc(C(F)(F)F)cc(=S)[nH]2)cc1C. The second-order valence-electron chi connectivity index (χ2n) is 4.78. The Morgan fingerprint density at radius 2 is 1.71 bits per heavy atom. The van der Waals surface area contributed by atoms with Crippen molar-refractivity contribution in [1.82, 2.24) is 4.98 Å². The van der Waals surface area contributed by atoms with Crippen LogP contribution in [-0.2, 0) is 6.18 Å². The minimum atomic E-state index is -4.42. The first-order valence-electron chi connectivity index (χ1n) is 6.19. The van der Waals surface area contributed by atoms with E-state index in [-0.39, 0.29) is 4.64 Å². The molecule has 0 fully saturated rings. The van der Waals surface area contributed by atoms with Gasteiger partial charge in [-0.25, -0.2) is 0 Å². The summed E-state index contributed by atoms with van der Waals surface area (Å²) in [6, 6.07) is 5.57. The van der Waals surface area contributed by atoms with Crippen LogP contribution in [0.5, 0.6) is 5.75 Å². The standard InChI is InChI=1S/C15H14F3NOS/c1-8-5-13(20-3)9(2)4-11(8)12-6-10(15(16,17)18)7-14(21)19-12/h4-7H,1-3H3,(H,19,21). The third-order valence-corrected chi connectivity index (χ3v) is 3.42. The molecule has 0 bridgehead atoms. The van der Waals surface area contributed by atoms with Gasteiger partial charge >= 0.3 is 6.18 Å². The Morgan fingerprint density at radius 3 is 2.29 bits per heavy atom. The molecule has 2 rings (SSSR count). The minimum absolute atomic E-state index is 0.0488. The molecule has 0 unspecified atom stereocenters. The van der Waals surface area contributed by atoms with E-state index in [1.54, 1.807) is 19.2 Å². The molecule has 2 aromatic rings. The highest BCUT2D eigenvalue weighted by atomic mass is 32.1. The highest BCUT2D eigenvalue weighted by Crippen LogP contribution is 2.34. The number of aryl methyl sites for hydroxylation is 2. The van der Waals surface area contributed by atoms with E-state index in [1.807, 2.05) is 13.8 Å². The summed E-state index contributed by atoms with van der Waals surface area (Å²) < 4.78 is 43.9. The minimum Gasteiger partial charge on any atom is -0.496 e. The van der Waals surface area contributed by atoms with E-state index in [4.69, 9.17) is 17.0 Å². The molecule has 0 atom stereocenters. The van der Waals surface area contributed by atoms with Gasteiger partial charge in [-0.2, -0.15) is 13.2 Å². The molecule has 0 aliphatic rings. The number of ether oxygens (including phenoxy) is 1. The summed E-state index contributed by atoms with van der Waals surface area (Å²) in [6.45, 7) is 3.65. The van der Waals surface area contributed by atoms with Crippen molar-refractivity contribution in [3.63, 3.8) is 0 Å². The van der Waals surface area contributed by atoms with E-state index in [0.29, 0.717) is 17.0 Å². The maximum Gasteiger partial charge on any atom is 0.416 e. The van der Waals surface area contributed by atoms with E-state index in [9.17, 15) is 13.2 Å². The van der Waals surface area contributed by atoms with Crippen molar-refractivity contribution in [1.29, 1.82) is 0 Å². The number of benzene rings is 1. The number of methoxy groups -OCH3 is 1. The van der Waals surface area contributed by atoms with Gasteiger partial charge in [0.1, 0.15) is 10.4 Å². The molecule has 21 heavy (non-hydrogen) atoms. The average Bonchev–Trinajstić information content (AvgIpc) is 2.39. The number of hydrogen-bond donors (Lipinski definition) is 1. The van der Waals surface area contributed by atoms with Crippen molar-refractivity contribution < 1.29 is 17.9 Å². The molecule has 0 spiro atoms. The number of rotatable bonds is 2. The fourth-order valence-corrected chi connectivity index (χ4v) is 2.39. The van der Waals surface area contributed by atoms with Crippen LogP contribution in [-0.4, -0.2) is 12.1 Å². The molecule has 1 aromatic heterocycles. The first-order valence-corrected chi connectivity index (χ1v) is 6.60. The molecule has 0 saturated carbocycles. The third kappa shape index (κ3) is 3.26. The van der Waals surface area contributed by atoms with Gasteiger partial charge in [0.15, 0.2) is 0 Å². The van der Waals surface area contributed by atoms with Crippen LogP contribution in [0.2, 0.25) is 0 Å². The van der Waals surface area contributed by atoms with Crippen molar-refractivity contribution in [3.05, 3.63) is 45.6 Å². The zero-order valence-electron chi connectivity index (χ0n) is 11.8. The number of halogens is 3. The van der Waals surface area contributed by atoms with Gasteiger partial charge in [0.25, 0.3) is 0 Å². The van der Waals surface area contributed by atoms with Crippen molar-refractivity contribution in [3.8, 4) is 17.0 Å². The summed E-state index contributed by atoms with van der Waals surface area (Å²) in [4.78, 5) is 2.82. The summed E-state index contributed by atoms with van der Waals surface area (Å²) in [5.41, 5.74) is 1.91. The van der Waals surface area contributed by atoms with Crippen molar-refractivity contribution >= 4 is 12.2 Å². The Hall–Kier alpha value is -1.82. The first-order chi connectivity index (χ1) is 9.72. The van der Waals surface area contributed by atoms with Gasteiger partial charge in [-0.1, -0.05) is 12.2 Å². The molecule has 0 amide bonds. The maximum absolute atomic E-state index is 12.9. The molecule has 2 nitrogen and oxygen atoms in total. The molecule has 0 aliphatic carbocycles. The van der Waals surface area contributed by atoms with Crippen LogP contribution in [0, 0.1) is 18.5 Å². The van der Waals surface area contributed by atoms with Crippen LogP contribution in [0.15, 0.2) is 24.3 Å². The Morgan fingerprint density at radius 1 is 1.05 bits per heavy atom. The van der Waals surface area contributed by atoms with Crippen molar-refractivity contribution in [2.45, 2.75) is 20.0 Å². The molecule has 1 heterocycles. The Bertz CT molecular complexity index is 735. The van der Waals surface area contributed by atoms with Gasteiger partial charge in [0.05, 0.1) is 12.7 Å². The van der Waals surface area contributed by atoms with E-state index < -0.39 is 11.7 Å². The summed E-state index contributed by atoms with van der Waals surface area (Å²) in [7, 11) is 1.55. The lowest BCUT2D eigenvalue weighted by Gasteiger charge is -2.13. The molecule has 1 N–H and O–H groups in total. The summed E-state index contributed by atoms with van der Waals surface area (Å²) >= 11 is 4.90. The smallest absolute Gasteiger partial charge is 0.416 e. The second kappa shape index (κ2) is 5.52. The maximum atomic E-state index is 12.9. The summed E-state index contributed by atoms with van der Waals surface area (Å²) in [5, 5.41) is 0. The zero-order chi connectivity index (χ0) is 15.8. The van der Waals surface area contributed by atoms with Gasteiger partial charge in [-0.15, -0.1) is 0 Å².